The number of ether oxygens (including phenoxy) is 1. The number of fused-ring (bicyclic) bond motifs is 1. The first-order chi connectivity index (χ1) is 24.2. The van der Waals surface area contributed by atoms with Gasteiger partial charge < -0.3 is 25.3 Å². The zero-order valence-electron chi connectivity index (χ0n) is 28.2. The number of unbranched alkanes of at least 4 members (excludes halogenated alkanes) is 2. The Bertz CT molecular complexity index is 1790. The molecule has 2 heterocycles. The lowest BCUT2D eigenvalue weighted by Crippen LogP contribution is -2.55. The summed E-state index contributed by atoms with van der Waals surface area (Å²) < 4.78 is 8.07. The second kappa shape index (κ2) is 17.7. The van der Waals surface area contributed by atoms with Gasteiger partial charge in [-0.1, -0.05) is 55.5 Å². The summed E-state index contributed by atoms with van der Waals surface area (Å²) in [5, 5.41) is 5.72. The molecule has 5 rings (SSSR count). The van der Waals surface area contributed by atoms with Crippen LogP contribution in [-0.4, -0.2) is 75.7 Å². The molecule has 1 saturated heterocycles. The Balaban J connectivity index is 1.000. The molecule has 1 aliphatic heterocycles. The maximum absolute atomic E-state index is 13.2. The Morgan fingerprint density at radius 1 is 1.12 bits per heavy atom. The van der Waals surface area contributed by atoms with Crippen molar-refractivity contribution in [3.63, 3.8) is 0 Å². The minimum atomic E-state index is -0.802. The molecule has 3 atom stereocenters. The van der Waals surface area contributed by atoms with E-state index in [-0.39, 0.29) is 30.5 Å². The van der Waals surface area contributed by atoms with Crippen LogP contribution >= 0.6 is 11.9 Å². The molecule has 3 unspecified atom stereocenters. The van der Waals surface area contributed by atoms with Crippen LogP contribution in [0.2, 0.25) is 0 Å². The fourth-order valence-electron chi connectivity index (χ4n) is 5.61. The van der Waals surface area contributed by atoms with Gasteiger partial charge in [0.25, 0.3) is 11.5 Å². The molecule has 2 aliphatic rings. The fraction of sp³-hybridized carbons (Fsp3) is 0.405. The van der Waals surface area contributed by atoms with E-state index < -0.39 is 30.0 Å². The van der Waals surface area contributed by atoms with E-state index in [1.807, 2.05) is 60.7 Å². The molecule has 0 bridgehead atoms. The third-order valence-corrected chi connectivity index (χ3v) is 9.78. The van der Waals surface area contributed by atoms with Gasteiger partial charge in [0.2, 0.25) is 11.8 Å². The molecule has 0 spiro atoms. The molecule has 0 radical (unpaired) electrons. The molecule has 1 saturated carbocycles. The first kappa shape index (κ1) is 36.4. The van der Waals surface area contributed by atoms with Crippen molar-refractivity contribution < 1.29 is 23.9 Å². The summed E-state index contributed by atoms with van der Waals surface area (Å²) in [6.07, 6.45) is 10.3. The average molecular weight is 701 g/mol. The van der Waals surface area contributed by atoms with E-state index in [9.17, 15) is 24.0 Å². The molecule has 3 aromatic rings. The highest BCUT2D eigenvalue weighted by Crippen LogP contribution is 2.32. The van der Waals surface area contributed by atoms with Crippen molar-refractivity contribution in [2.75, 3.05) is 19.7 Å². The van der Waals surface area contributed by atoms with Crippen LogP contribution in [0.4, 0.5) is 4.79 Å². The topological polar surface area (TPSA) is 163 Å². The van der Waals surface area contributed by atoms with E-state index in [2.05, 4.69) is 31.9 Å². The van der Waals surface area contributed by atoms with Crippen molar-refractivity contribution >= 4 is 52.9 Å². The van der Waals surface area contributed by atoms with E-state index in [4.69, 9.17) is 4.74 Å². The standard InChI is InChI=1S/C37H44N6O6S/c1-3-24(2)32(36(47)42-50-27-18-19-27)41-34(45)30-17-11-20-43(30)31(44)23-38-37(48)49-21-9-5-4-6-12-25-13-10-14-26(22-25)33-35(46)40-29-16-8-7-15-28(29)39-33/h3,6-8,10,12-16,22,24,27,30,32H,1,4-5,9,11,17-21,23H2,2H3,(H,38,48)(H,40,46)(H,41,45)(H,42,47)/b12-6+. The first-order valence-corrected chi connectivity index (χ1v) is 18.0. The third-order valence-electron chi connectivity index (χ3n) is 8.66. The van der Waals surface area contributed by atoms with Crippen LogP contribution in [0.3, 0.4) is 0 Å². The van der Waals surface area contributed by atoms with Gasteiger partial charge >= 0.3 is 6.09 Å². The Labute approximate surface area is 295 Å². The van der Waals surface area contributed by atoms with E-state index in [1.165, 1.54) is 16.8 Å². The van der Waals surface area contributed by atoms with E-state index in [0.717, 1.165) is 42.3 Å². The zero-order valence-corrected chi connectivity index (χ0v) is 29.0. The average Bonchev–Trinajstić information content (AvgIpc) is 3.83. The van der Waals surface area contributed by atoms with Gasteiger partial charge in [-0.25, -0.2) is 9.78 Å². The second-order valence-electron chi connectivity index (χ2n) is 12.6. The highest BCUT2D eigenvalue weighted by molar-refractivity contribution is 7.98. The Kier molecular flexibility index (Phi) is 12.8. The smallest absolute Gasteiger partial charge is 0.407 e. The summed E-state index contributed by atoms with van der Waals surface area (Å²) in [4.78, 5) is 72.7. The molecular weight excluding hydrogens is 657 g/mol. The number of rotatable bonds is 16. The molecule has 50 heavy (non-hydrogen) atoms. The zero-order chi connectivity index (χ0) is 35.5. The number of aromatic amines is 1. The second-order valence-corrected chi connectivity index (χ2v) is 13.7. The van der Waals surface area contributed by atoms with E-state index >= 15 is 0 Å². The number of benzene rings is 2. The lowest BCUT2D eigenvalue weighted by atomic mass is 10.0. The van der Waals surface area contributed by atoms with Crippen molar-refractivity contribution in [2.24, 2.45) is 5.92 Å². The summed E-state index contributed by atoms with van der Waals surface area (Å²) in [6.45, 7) is 5.85. The minimum Gasteiger partial charge on any atom is -0.450 e. The highest BCUT2D eigenvalue weighted by atomic mass is 32.2. The number of aromatic nitrogens is 2. The predicted molar refractivity (Wildman–Crippen MR) is 195 cm³/mol. The number of hydrogen-bond donors (Lipinski definition) is 4. The van der Waals surface area contributed by atoms with Gasteiger partial charge in [0.15, 0.2) is 0 Å². The quantitative estimate of drug-likeness (QED) is 0.0948. The van der Waals surface area contributed by atoms with Crippen LogP contribution in [0.1, 0.15) is 57.4 Å². The summed E-state index contributed by atoms with van der Waals surface area (Å²) in [5.41, 5.74) is 3.21. The molecule has 264 valence electrons. The summed E-state index contributed by atoms with van der Waals surface area (Å²) in [7, 11) is 0. The number of nitrogens with zero attached hydrogens (tertiary/aromatic N) is 2. The fourth-order valence-corrected chi connectivity index (χ4v) is 6.40. The molecule has 12 nitrogen and oxygen atoms in total. The summed E-state index contributed by atoms with van der Waals surface area (Å²) >= 11 is 1.37. The number of carbonyl (C=O) groups is 4. The lowest BCUT2D eigenvalue weighted by molar-refractivity contribution is -0.139. The van der Waals surface area contributed by atoms with Gasteiger partial charge in [-0.05, 0) is 80.7 Å². The number of hydrogen-bond acceptors (Lipinski definition) is 8. The van der Waals surface area contributed by atoms with Gasteiger partial charge in [0.05, 0.1) is 17.6 Å². The molecule has 4 amide bonds. The largest absolute Gasteiger partial charge is 0.450 e. The number of carbonyl (C=O) groups excluding carboxylic acids is 4. The van der Waals surface area contributed by atoms with Crippen LogP contribution in [-0.2, 0) is 19.1 Å². The van der Waals surface area contributed by atoms with E-state index in [0.29, 0.717) is 42.3 Å². The predicted octanol–water partition coefficient (Wildman–Crippen LogP) is 4.72. The Hall–Kier alpha value is -4.91. The number of H-pyrrole nitrogens is 1. The summed E-state index contributed by atoms with van der Waals surface area (Å²) in [6, 6.07) is 13.5. The minimum absolute atomic E-state index is 0.193. The van der Waals surface area contributed by atoms with E-state index in [1.54, 1.807) is 13.0 Å². The van der Waals surface area contributed by atoms with Gasteiger partial charge in [-0.15, -0.1) is 6.58 Å². The molecular formula is C37H44N6O6S. The van der Waals surface area contributed by atoms with Crippen molar-refractivity contribution in [2.45, 2.75) is 69.2 Å². The van der Waals surface area contributed by atoms with Gasteiger partial charge in [-0.3, -0.25) is 23.9 Å². The number of allylic oxidation sites excluding steroid dienone is 1. The molecule has 1 aromatic heterocycles. The van der Waals surface area contributed by atoms with Crippen LogP contribution < -0.4 is 20.9 Å². The van der Waals surface area contributed by atoms with Crippen LogP contribution in [0.5, 0.6) is 0 Å². The number of amides is 4. The maximum Gasteiger partial charge on any atom is 0.407 e. The Morgan fingerprint density at radius 3 is 2.74 bits per heavy atom. The van der Waals surface area contributed by atoms with Crippen LogP contribution in [0.15, 0.2) is 72.1 Å². The number of alkyl carbamates (subject to hydrolysis) is 1. The normalized spacial score (nSPS) is 16.9. The third kappa shape index (κ3) is 10.1. The monoisotopic (exact) mass is 700 g/mol. The van der Waals surface area contributed by atoms with Crippen LogP contribution in [0, 0.1) is 5.92 Å². The summed E-state index contributed by atoms with van der Waals surface area (Å²) in [5.74, 6) is -1.39. The number of likely N-dealkylation sites (tertiary alicyclic amines) is 1. The van der Waals surface area contributed by atoms with Crippen molar-refractivity contribution in [3.8, 4) is 11.3 Å². The molecule has 2 aromatic carbocycles. The van der Waals surface area contributed by atoms with Crippen molar-refractivity contribution in [1.29, 1.82) is 0 Å². The van der Waals surface area contributed by atoms with Crippen molar-refractivity contribution in [3.05, 3.63) is 83.2 Å². The van der Waals surface area contributed by atoms with Crippen LogP contribution in [0.25, 0.3) is 28.4 Å². The van der Waals surface area contributed by atoms with Gasteiger partial charge in [0, 0.05) is 23.3 Å². The molecule has 2 fully saturated rings. The molecule has 13 heteroatoms. The number of nitrogens with one attached hydrogen (secondary N) is 4. The Morgan fingerprint density at radius 2 is 1.94 bits per heavy atom. The molecule has 1 aliphatic carbocycles. The maximum atomic E-state index is 13.2. The number of para-hydroxylation sites is 2. The highest BCUT2D eigenvalue weighted by Gasteiger charge is 2.37. The van der Waals surface area contributed by atoms with Gasteiger partial charge in [0.1, 0.15) is 24.3 Å². The lowest BCUT2D eigenvalue weighted by Gasteiger charge is -2.28. The SMILES string of the molecule is C=CC(C)C(NC(=O)C1CCCN1C(=O)CNC(=O)OCCCC/C=C/c1cccc(-c2nc3ccccc3[nH]c2=O)c1)C(=O)NSC1CC1. The first-order valence-electron chi connectivity index (χ1n) is 17.1. The van der Waals surface area contributed by atoms with Crippen molar-refractivity contribution in [1.82, 2.24) is 30.2 Å². The molecule has 4 N–H and O–H groups in total. The van der Waals surface area contributed by atoms with Gasteiger partial charge in [-0.2, -0.15) is 0 Å².